The fraction of sp³-hybridized carbons (Fsp3) is 0.200. The van der Waals surface area contributed by atoms with Gasteiger partial charge >= 0.3 is 30.2 Å². The molecule has 1 aliphatic carbocycles. The van der Waals surface area contributed by atoms with E-state index in [1.165, 1.54) is 56.4 Å². The predicted molar refractivity (Wildman–Crippen MR) is 121 cm³/mol. The van der Waals surface area contributed by atoms with Crippen LogP contribution in [0.2, 0.25) is 0 Å². The molecule has 1 aromatic heterocycles. The molecule has 28 heavy (non-hydrogen) atoms. The number of aromatic nitrogens is 1. The fourth-order valence-electron chi connectivity index (χ4n) is 3.06. The van der Waals surface area contributed by atoms with Crippen molar-refractivity contribution in [2.45, 2.75) is 27.7 Å². The molecule has 3 heteroatoms. The fourth-order valence-corrected chi connectivity index (χ4v) is 3.06. The molecule has 1 nitrogen and oxygen atoms in total. The number of pyridine rings is 1. The van der Waals surface area contributed by atoms with Gasteiger partial charge in [-0.15, -0.1) is 53.6 Å². The molecule has 0 aliphatic heterocycles. The standard InChI is InChI=1S/C14H10N.C9H13.2CH3.Si.Zr/c1-2-6-12-11(5-1)8-9-13(12)14-7-3-4-10-15-14;1-6-5-7(2)9(4)8(6)3;;;;/h1-10H;6H,1-4H3;2*1H3;;/q4*-1;;. The zero-order chi connectivity index (χ0) is 19.1. The van der Waals surface area contributed by atoms with Gasteiger partial charge in [0, 0.05) is 11.9 Å². The molecule has 0 fully saturated rings. The Morgan fingerprint density at radius 3 is 2.14 bits per heavy atom. The van der Waals surface area contributed by atoms with Crippen molar-refractivity contribution in [1.29, 1.82) is 0 Å². The maximum Gasteiger partial charge on any atom is 0.0265 e. The van der Waals surface area contributed by atoms with Crippen LogP contribution in [0.1, 0.15) is 27.7 Å². The molecule has 1 heterocycles. The van der Waals surface area contributed by atoms with Crippen molar-refractivity contribution in [2.75, 3.05) is 0 Å². The van der Waals surface area contributed by atoms with Gasteiger partial charge in [-0.2, -0.15) is 11.1 Å². The summed E-state index contributed by atoms with van der Waals surface area (Å²) in [6.07, 6.45) is 5.19. The van der Waals surface area contributed by atoms with Gasteiger partial charge in [-0.05, 0) is 12.1 Å². The average molecular weight is 463 g/mol. The average Bonchev–Trinajstić information content (AvgIpc) is 3.22. The van der Waals surface area contributed by atoms with Gasteiger partial charge in [-0.1, -0.05) is 38.8 Å². The van der Waals surface area contributed by atoms with Gasteiger partial charge in [0.25, 0.3) is 0 Å². The van der Waals surface area contributed by atoms with E-state index < -0.39 is 0 Å². The molecule has 0 amide bonds. The summed E-state index contributed by atoms with van der Waals surface area (Å²) in [5.41, 5.74) is 6.50. The Morgan fingerprint density at radius 2 is 1.64 bits per heavy atom. The molecule has 2 radical (unpaired) electrons. The second kappa shape index (κ2) is 12.9. The van der Waals surface area contributed by atoms with E-state index in [9.17, 15) is 0 Å². The zero-order valence-electron chi connectivity index (χ0n) is 17.8. The van der Waals surface area contributed by atoms with Crippen molar-refractivity contribution in [3.63, 3.8) is 0 Å². The van der Waals surface area contributed by atoms with Crippen LogP contribution in [0.4, 0.5) is 0 Å². The van der Waals surface area contributed by atoms with Gasteiger partial charge in [0.1, 0.15) is 0 Å². The van der Waals surface area contributed by atoms with Gasteiger partial charge in [-0.3, -0.25) is 11.1 Å². The van der Waals surface area contributed by atoms with Crippen LogP contribution in [0.5, 0.6) is 0 Å². The minimum atomic E-state index is 0. The molecule has 0 spiro atoms. The first-order valence-electron chi connectivity index (χ1n) is 8.66. The molecule has 1 unspecified atom stereocenters. The van der Waals surface area contributed by atoms with Gasteiger partial charge in [0.15, 0.2) is 0 Å². The van der Waals surface area contributed by atoms with Crippen LogP contribution in [0.15, 0.2) is 77.5 Å². The molecule has 0 N–H and O–H groups in total. The van der Waals surface area contributed by atoms with E-state index in [-0.39, 0.29) is 14.9 Å². The summed E-state index contributed by atoms with van der Waals surface area (Å²) >= 11 is 1.36. The maximum atomic E-state index is 4.37. The molecule has 0 bridgehead atoms. The Kier molecular flexibility index (Phi) is 12.2. The third kappa shape index (κ3) is 6.29. The van der Waals surface area contributed by atoms with Crippen molar-refractivity contribution < 1.29 is 23.3 Å². The predicted octanol–water partition coefficient (Wildman–Crippen LogP) is 6.86. The molecular formula is C25H29NSiZr-4. The Bertz CT molecular complexity index is 922. The summed E-state index contributed by atoms with van der Waals surface area (Å²) in [5.74, 6) is 0.560. The van der Waals surface area contributed by atoms with Crippen molar-refractivity contribution >= 4 is 17.7 Å². The van der Waals surface area contributed by atoms with Gasteiger partial charge in [-0.25, -0.2) is 5.57 Å². The number of nitrogens with zero attached hydrogens (tertiary/aromatic N) is 1. The minimum Gasteiger partial charge on any atom is -0.267 e. The van der Waals surface area contributed by atoms with Crippen molar-refractivity contribution in [3.05, 3.63) is 98.4 Å². The van der Waals surface area contributed by atoms with Crippen LogP contribution in [-0.4, -0.2) is 11.9 Å². The monoisotopic (exact) mass is 461 g/mol. The van der Waals surface area contributed by atoms with Crippen molar-refractivity contribution in [1.82, 2.24) is 4.98 Å². The van der Waals surface area contributed by atoms with Gasteiger partial charge < -0.3 is 14.9 Å². The van der Waals surface area contributed by atoms with E-state index in [0.29, 0.717) is 5.92 Å². The van der Waals surface area contributed by atoms with Crippen LogP contribution in [-0.2, 0) is 23.3 Å². The number of fused-ring (bicyclic) bond motifs is 1. The Morgan fingerprint density at radius 1 is 1.00 bits per heavy atom. The Balaban J connectivity index is 0.000000491. The van der Waals surface area contributed by atoms with E-state index in [1.807, 2.05) is 24.4 Å². The molecule has 0 saturated heterocycles. The zero-order valence-corrected chi connectivity index (χ0v) is 21.3. The molecule has 1 aliphatic rings. The summed E-state index contributed by atoms with van der Waals surface area (Å²) in [6, 6.07) is 18.7. The Hall–Kier alpha value is -1.44. The summed E-state index contributed by atoms with van der Waals surface area (Å²) in [4.78, 5) is 4.37. The van der Waals surface area contributed by atoms with E-state index in [2.05, 4.69) is 82.0 Å². The van der Waals surface area contributed by atoms with Crippen molar-refractivity contribution in [3.8, 4) is 11.3 Å². The first-order valence-corrected chi connectivity index (χ1v) is 12.9. The normalized spacial score (nSPS) is 14.5. The smallest absolute Gasteiger partial charge is 0.0265 e. The molecule has 1 atom stereocenters. The maximum absolute atomic E-state index is 4.37. The molecule has 4 rings (SSSR count). The first-order chi connectivity index (χ1) is 12.6. The molecule has 146 valence electrons. The van der Waals surface area contributed by atoms with Gasteiger partial charge in [0.2, 0.25) is 0 Å². The number of hydrogen-bond acceptors (Lipinski definition) is 1. The van der Waals surface area contributed by atoms with Crippen LogP contribution in [0.25, 0.3) is 22.0 Å². The second-order valence-electron chi connectivity index (χ2n) is 6.35. The summed E-state index contributed by atoms with van der Waals surface area (Å²) < 4.78 is 0. The first kappa shape index (κ1) is 26.6. The second-order valence-corrected chi connectivity index (χ2v) is 6.35. The van der Waals surface area contributed by atoms with Crippen molar-refractivity contribution in [2.24, 2.45) is 5.92 Å². The number of rotatable bonds is 1. The van der Waals surface area contributed by atoms with Crippen LogP contribution in [0, 0.1) is 26.8 Å². The quantitative estimate of drug-likeness (QED) is 0.284. The summed E-state index contributed by atoms with van der Waals surface area (Å²) in [6.45, 7) is 11.7. The molecule has 3 aromatic rings. The summed E-state index contributed by atoms with van der Waals surface area (Å²) in [5, 5.41) is 2.55. The summed E-state index contributed by atoms with van der Waals surface area (Å²) in [7, 11) is 0. The van der Waals surface area contributed by atoms with E-state index in [4.69, 9.17) is 0 Å². The molecule has 0 saturated carbocycles. The number of hydrogen-bond donors (Lipinski definition) is 0. The van der Waals surface area contributed by atoms with Gasteiger partial charge in [0.05, 0.1) is 0 Å². The van der Waals surface area contributed by atoms with Crippen LogP contribution < -0.4 is 0 Å². The third-order valence-corrected chi connectivity index (χ3v) is 4.86. The topological polar surface area (TPSA) is 12.9 Å². The third-order valence-electron chi connectivity index (χ3n) is 4.86. The number of benzene rings is 1. The minimum absolute atomic E-state index is 0. The molecule has 2 aromatic carbocycles. The Labute approximate surface area is 188 Å². The molecular weight excluding hydrogens is 434 g/mol. The SMILES string of the molecule is CC1=[C-]C(C)C(C)=C1C.[CH3-].[CH3-].[Si]=[Zr].c1ccc(-c2c[cH-]c3ccccc23)nc1. The van der Waals surface area contributed by atoms with E-state index in [1.54, 1.807) is 0 Å². The number of allylic oxidation sites excluding steroid dienone is 4. The largest absolute Gasteiger partial charge is 0.267 e. The van der Waals surface area contributed by atoms with Crippen LogP contribution >= 0.6 is 0 Å². The van der Waals surface area contributed by atoms with E-state index in [0.717, 1.165) is 5.69 Å². The van der Waals surface area contributed by atoms with E-state index >= 15 is 0 Å². The van der Waals surface area contributed by atoms with Crippen LogP contribution in [0.3, 0.4) is 0 Å².